The third-order valence-electron chi connectivity index (χ3n) is 2.46. The fraction of sp³-hybridized carbons (Fsp3) is 0.214. The number of amides is 1. The van der Waals surface area contributed by atoms with Gasteiger partial charge in [-0.15, -0.1) is 10.2 Å². The quantitative estimate of drug-likeness (QED) is 0.900. The molecule has 0 unspecified atom stereocenters. The molecule has 1 heterocycles. The van der Waals surface area contributed by atoms with Crippen molar-refractivity contribution in [3.63, 3.8) is 0 Å². The lowest BCUT2D eigenvalue weighted by molar-refractivity contribution is 0.102. The van der Waals surface area contributed by atoms with E-state index in [0.717, 1.165) is 4.47 Å². The highest BCUT2D eigenvalue weighted by Gasteiger charge is 2.10. The smallest absolute Gasteiger partial charge is 0.258 e. The molecule has 104 valence electrons. The summed E-state index contributed by atoms with van der Waals surface area (Å²) in [6, 6.07) is 11.0. The summed E-state index contributed by atoms with van der Waals surface area (Å²) in [4.78, 5) is 12.1. The van der Waals surface area contributed by atoms with Crippen LogP contribution in [0.1, 0.15) is 24.2 Å². The molecular formula is C14H15BrN4O. The van der Waals surface area contributed by atoms with Crippen LogP contribution in [0.4, 0.5) is 11.6 Å². The summed E-state index contributed by atoms with van der Waals surface area (Å²) in [6.07, 6.45) is 0. The Balaban J connectivity index is 2.07. The van der Waals surface area contributed by atoms with E-state index in [9.17, 15) is 4.79 Å². The van der Waals surface area contributed by atoms with Crippen molar-refractivity contribution in [2.45, 2.75) is 19.9 Å². The molecule has 1 amide bonds. The maximum atomic E-state index is 12.1. The molecule has 2 aromatic rings. The van der Waals surface area contributed by atoms with E-state index in [1.54, 1.807) is 24.3 Å². The molecule has 5 nitrogen and oxygen atoms in total. The van der Waals surface area contributed by atoms with E-state index in [-0.39, 0.29) is 11.9 Å². The Morgan fingerprint density at radius 2 is 1.75 bits per heavy atom. The highest BCUT2D eigenvalue weighted by atomic mass is 79.9. The number of hydrogen-bond donors (Lipinski definition) is 2. The van der Waals surface area contributed by atoms with E-state index in [4.69, 9.17) is 0 Å². The lowest BCUT2D eigenvalue weighted by Crippen LogP contribution is -2.15. The Hall–Kier alpha value is -1.95. The molecule has 1 aromatic carbocycles. The number of nitrogens with one attached hydrogen (secondary N) is 2. The van der Waals surface area contributed by atoms with E-state index < -0.39 is 0 Å². The molecule has 1 aromatic heterocycles. The SMILES string of the molecule is CC(C)Nc1ccc(NC(=O)c2ccccc2Br)nn1. The van der Waals surface area contributed by atoms with Crippen molar-refractivity contribution in [3.05, 3.63) is 46.4 Å². The number of aromatic nitrogens is 2. The second-order valence-electron chi connectivity index (χ2n) is 4.54. The van der Waals surface area contributed by atoms with Crippen molar-refractivity contribution in [1.82, 2.24) is 10.2 Å². The lowest BCUT2D eigenvalue weighted by Gasteiger charge is -2.09. The second-order valence-corrected chi connectivity index (χ2v) is 5.39. The summed E-state index contributed by atoms with van der Waals surface area (Å²) in [5, 5.41) is 13.8. The van der Waals surface area contributed by atoms with Gasteiger partial charge in [-0.1, -0.05) is 12.1 Å². The molecule has 0 spiro atoms. The molecule has 0 aliphatic carbocycles. The second kappa shape index (κ2) is 6.47. The molecule has 0 fully saturated rings. The molecule has 0 atom stereocenters. The number of halogens is 1. The van der Waals surface area contributed by atoms with Gasteiger partial charge in [0.05, 0.1) is 5.56 Å². The Bertz CT molecular complexity index is 598. The van der Waals surface area contributed by atoms with Crippen molar-refractivity contribution in [3.8, 4) is 0 Å². The predicted octanol–water partition coefficient (Wildman–Crippen LogP) is 3.31. The van der Waals surface area contributed by atoms with Gasteiger partial charge in [-0.25, -0.2) is 0 Å². The number of anilines is 2. The van der Waals surface area contributed by atoms with Crippen LogP contribution < -0.4 is 10.6 Å². The van der Waals surface area contributed by atoms with Crippen LogP contribution in [0, 0.1) is 0 Å². The van der Waals surface area contributed by atoms with Gasteiger partial charge in [0.2, 0.25) is 0 Å². The van der Waals surface area contributed by atoms with Crippen molar-refractivity contribution < 1.29 is 4.79 Å². The molecule has 2 N–H and O–H groups in total. The minimum absolute atomic E-state index is 0.226. The first-order valence-electron chi connectivity index (χ1n) is 6.22. The third-order valence-corrected chi connectivity index (χ3v) is 3.15. The normalized spacial score (nSPS) is 10.4. The zero-order valence-electron chi connectivity index (χ0n) is 11.2. The first-order valence-corrected chi connectivity index (χ1v) is 7.01. The van der Waals surface area contributed by atoms with E-state index in [1.807, 2.05) is 26.0 Å². The van der Waals surface area contributed by atoms with Crippen molar-refractivity contribution in [2.75, 3.05) is 10.6 Å². The minimum Gasteiger partial charge on any atom is -0.366 e. The molecular weight excluding hydrogens is 320 g/mol. The Labute approximate surface area is 125 Å². The summed E-state index contributed by atoms with van der Waals surface area (Å²) in [5.41, 5.74) is 0.554. The molecule has 0 aliphatic rings. The largest absolute Gasteiger partial charge is 0.366 e. The highest BCUT2D eigenvalue weighted by molar-refractivity contribution is 9.10. The van der Waals surface area contributed by atoms with E-state index in [0.29, 0.717) is 17.2 Å². The average molecular weight is 335 g/mol. The molecule has 0 bridgehead atoms. The summed E-state index contributed by atoms with van der Waals surface area (Å²) in [5.74, 6) is 0.871. The number of carbonyl (C=O) groups is 1. The topological polar surface area (TPSA) is 66.9 Å². The van der Waals surface area contributed by atoms with Gasteiger partial charge >= 0.3 is 0 Å². The molecule has 6 heteroatoms. The van der Waals surface area contributed by atoms with Crippen LogP contribution >= 0.6 is 15.9 Å². The van der Waals surface area contributed by atoms with Crippen LogP contribution in [0.5, 0.6) is 0 Å². The van der Waals surface area contributed by atoms with Gasteiger partial charge in [0.1, 0.15) is 5.82 Å². The molecule has 2 rings (SSSR count). The van der Waals surface area contributed by atoms with Gasteiger partial charge in [0.25, 0.3) is 5.91 Å². The van der Waals surface area contributed by atoms with Gasteiger partial charge in [-0.3, -0.25) is 4.79 Å². The summed E-state index contributed by atoms with van der Waals surface area (Å²) in [7, 11) is 0. The maximum absolute atomic E-state index is 12.1. The molecule has 0 radical (unpaired) electrons. The standard InChI is InChI=1S/C14H15BrN4O/c1-9(2)16-12-7-8-13(19-18-12)17-14(20)10-5-3-4-6-11(10)15/h3-9H,1-2H3,(H,16,18)(H,17,19,20). The number of hydrogen-bond acceptors (Lipinski definition) is 4. The van der Waals surface area contributed by atoms with Crippen LogP contribution in [-0.2, 0) is 0 Å². The molecule has 0 saturated carbocycles. The third kappa shape index (κ3) is 3.77. The van der Waals surface area contributed by atoms with E-state index >= 15 is 0 Å². The maximum Gasteiger partial charge on any atom is 0.258 e. The molecule has 0 saturated heterocycles. The average Bonchev–Trinajstić information content (AvgIpc) is 2.41. The molecule has 0 aliphatic heterocycles. The first-order chi connectivity index (χ1) is 9.56. The van der Waals surface area contributed by atoms with Gasteiger partial charge in [0, 0.05) is 10.5 Å². The van der Waals surface area contributed by atoms with E-state index in [1.165, 1.54) is 0 Å². The Morgan fingerprint density at radius 3 is 2.35 bits per heavy atom. The predicted molar refractivity (Wildman–Crippen MR) is 82.9 cm³/mol. The summed E-state index contributed by atoms with van der Waals surface area (Å²) >= 11 is 3.34. The minimum atomic E-state index is -0.226. The summed E-state index contributed by atoms with van der Waals surface area (Å²) < 4.78 is 0.739. The van der Waals surface area contributed by atoms with Crippen LogP contribution in [0.15, 0.2) is 40.9 Å². The van der Waals surface area contributed by atoms with Gasteiger partial charge in [0.15, 0.2) is 5.82 Å². The van der Waals surface area contributed by atoms with Crippen molar-refractivity contribution in [1.29, 1.82) is 0 Å². The van der Waals surface area contributed by atoms with Crippen LogP contribution in [0.25, 0.3) is 0 Å². The van der Waals surface area contributed by atoms with Crippen LogP contribution in [0.3, 0.4) is 0 Å². The monoisotopic (exact) mass is 334 g/mol. The van der Waals surface area contributed by atoms with Gasteiger partial charge in [-0.05, 0) is 54.0 Å². The zero-order chi connectivity index (χ0) is 14.5. The van der Waals surface area contributed by atoms with Gasteiger partial charge < -0.3 is 10.6 Å². The van der Waals surface area contributed by atoms with Crippen LogP contribution in [-0.4, -0.2) is 22.1 Å². The fourth-order valence-corrected chi connectivity index (χ4v) is 2.07. The summed E-state index contributed by atoms with van der Waals surface area (Å²) in [6.45, 7) is 4.04. The van der Waals surface area contributed by atoms with Crippen molar-refractivity contribution >= 4 is 33.5 Å². The number of rotatable bonds is 4. The number of benzene rings is 1. The van der Waals surface area contributed by atoms with Crippen LogP contribution in [0.2, 0.25) is 0 Å². The molecule has 20 heavy (non-hydrogen) atoms. The zero-order valence-corrected chi connectivity index (χ0v) is 12.8. The number of carbonyl (C=O) groups excluding carboxylic acids is 1. The Kier molecular flexibility index (Phi) is 4.68. The first kappa shape index (κ1) is 14.5. The lowest BCUT2D eigenvalue weighted by atomic mass is 10.2. The Morgan fingerprint density at radius 1 is 1.10 bits per heavy atom. The van der Waals surface area contributed by atoms with Gasteiger partial charge in [-0.2, -0.15) is 0 Å². The van der Waals surface area contributed by atoms with Crippen molar-refractivity contribution in [2.24, 2.45) is 0 Å². The number of nitrogens with zero attached hydrogens (tertiary/aromatic N) is 2. The highest BCUT2D eigenvalue weighted by Crippen LogP contribution is 2.17. The van der Waals surface area contributed by atoms with E-state index in [2.05, 4.69) is 36.8 Å². The fourth-order valence-electron chi connectivity index (χ4n) is 1.60.